The first-order valence-corrected chi connectivity index (χ1v) is 7.92. The number of esters is 1. The van der Waals surface area contributed by atoms with E-state index in [-0.39, 0.29) is 5.97 Å². The highest BCUT2D eigenvalue weighted by Gasteiger charge is 2.13. The predicted octanol–water partition coefficient (Wildman–Crippen LogP) is -2.33. The second-order valence-corrected chi connectivity index (χ2v) is 6.15. The van der Waals surface area contributed by atoms with Gasteiger partial charge in [-0.15, -0.1) is 14.2 Å². The number of aryl methyl sites for hydroxylation is 2. The molecule has 2 aromatic rings. The van der Waals surface area contributed by atoms with E-state index >= 15 is 0 Å². The lowest BCUT2D eigenvalue weighted by Gasteiger charge is -2.17. The van der Waals surface area contributed by atoms with Gasteiger partial charge in [0.1, 0.15) is 11.5 Å². The molecule has 1 heterocycles. The second kappa shape index (κ2) is 7.63. The van der Waals surface area contributed by atoms with Crippen LogP contribution in [-0.4, -0.2) is 13.1 Å². The summed E-state index contributed by atoms with van der Waals surface area (Å²) in [5.74, 6) is -0.305. The highest BCUT2D eigenvalue weighted by Crippen LogP contribution is 2.12. The third kappa shape index (κ3) is 6.06. The van der Waals surface area contributed by atoms with Crippen LogP contribution in [0.1, 0.15) is 20.8 Å². The first-order chi connectivity index (χ1) is 10.1. The molecule has 7 nitrogen and oxygen atoms in total. The number of methoxy groups -OCH3 is 1. The molecule has 9 heteroatoms. The molecule has 1 aromatic heterocycles. The van der Waals surface area contributed by atoms with Crippen molar-refractivity contribution in [1.82, 2.24) is 0 Å². The van der Waals surface area contributed by atoms with Gasteiger partial charge in [0, 0.05) is 17.7 Å². The summed E-state index contributed by atoms with van der Waals surface area (Å²) in [4.78, 5) is 12.6. The van der Waals surface area contributed by atoms with E-state index in [9.17, 15) is 4.79 Å². The van der Waals surface area contributed by atoms with Crippen molar-refractivity contribution in [3.05, 3.63) is 46.5 Å². The quantitative estimate of drug-likeness (QED) is 0.443. The van der Waals surface area contributed by atoms with Crippen molar-refractivity contribution >= 4 is 17.5 Å². The van der Waals surface area contributed by atoms with Crippen LogP contribution in [0.5, 0.6) is 0 Å². The molecule has 1 aromatic carbocycles. The number of halogens is 1. The molecule has 0 saturated carbocycles. The monoisotopic (exact) mass is 347 g/mol. The number of rotatable bonds is 2. The van der Waals surface area contributed by atoms with Gasteiger partial charge >= 0.3 is 5.97 Å². The van der Waals surface area contributed by atoms with E-state index in [4.69, 9.17) is 18.6 Å². The predicted molar refractivity (Wildman–Crippen MR) is 66.7 cm³/mol. The summed E-state index contributed by atoms with van der Waals surface area (Å²) in [5.41, 5.74) is 2.90. The number of nitrogens with zero attached hydrogens (tertiary/aromatic N) is 1. The van der Waals surface area contributed by atoms with Gasteiger partial charge in [0.05, 0.1) is 17.6 Å². The van der Waals surface area contributed by atoms with Crippen molar-refractivity contribution in [2.45, 2.75) is 13.8 Å². The van der Waals surface area contributed by atoms with Crippen LogP contribution < -0.4 is 22.6 Å². The Hall–Kier alpha value is -1.55. The Morgan fingerprint density at radius 2 is 1.64 bits per heavy atom. The SMILES string of the molecule is COC(=O)c1ccc(-[n+]2cc(C)c(C)s2)cc1.[O-][Cl+3]([O-])([O-])[O-]. The molecule has 0 aliphatic heterocycles. The van der Waals surface area contributed by atoms with Crippen LogP contribution >= 0.6 is 11.5 Å². The minimum Gasteiger partial charge on any atom is -0.465 e. The van der Waals surface area contributed by atoms with Crippen molar-refractivity contribution in [2.24, 2.45) is 0 Å². The summed E-state index contributed by atoms with van der Waals surface area (Å²) < 4.78 is 40.7. The number of carbonyl (C=O) groups excluding carboxylic acids is 1. The number of hydrogen-bond donors (Lipinski definition) is 0. The second-order valence-electron chi connectivity index (χ2n) is 4.20. The summed E-state index contributed by atoms with van der Waals surface area (Å²) in [5, 5.41) is 0. The van der Waals surface area contributed by atoms with Crippen LogP contribution in [0.25, 0.3) is 5.69 Å². The van der Waals surface area contributed by atoms with Crippen LogP contribution in [0.3, 0.4) is 0 Å². The molecule has 0 radical (unpaired) electrons. The van der Waals surface area contributed by atoms with Crippen molar-refractivity contribution in [2.75, 3.05) is 7.11 Å². The minimum absolute atomic E-state index is 0.305. The lowest BCUT2D eigenvalue weighted by atomic mass is 10.2. The van der Waals surface area contributed by atoms with Gasteiger partial charge in [-0.2, -0.15) is 0 Å². The molecule has 0 bridgehead atoms. The molecule has 2 rings (SSSR count). The maximum Gasteiger partial charge on any atom is 0.337 e. The first kappa shape index (κ1) is 18.5. The molecule has 0 fully saturated rings. The van der Waals surface area contributed by atoms with Crippen molar-refractivity contribution in [1.29, 1.82) is 0 Å². The Labute approximate surface area is 133 Å². The number of benzene rings is 1. The number of hydrogen-bond acceptors (Lipinski definition) is 7. The van der Waals surface area contributed by atoms with E-state index in [1.807, 2.05) is 12.1 Å². The summed E-state index contributed by atoms with van der Waals surface area (Å²) in [6.45, 7) is 4.18. The fraction of sp³-hybridized carbons (Fsp3) is 0.231. The molecule has 0 amide bonds. The molecule has 0 unspecified atom stereocenters. The van der Waals surface area contributed by atoms with Gasteiger partial charge in [-0.05, 0) is 26.0 Å². The first-order valence-electron chi connectivity index (χ1n) is 5.91. The zero-order chi connectivity index (χ0) is 16.9. The zero-order valence-corrected chi connectivity index (χ0v) is 13.6. The Bertz CT molecular complexity index is 609. The van der Waals surface area contributed by atoms with E-state index in [1.54, 1.807) is 23.7 Å². The third-order valence-corrected chi connectivity index (χ3v) is 3.75. The standard InChI is InChI=1S/C13H14NO2S.ClHO4/c1-9-8-14(17-10(9)2)12-6-4-11(5-7-12)13(15)16-3;2-1(3,4)5/h4-8H,1-3H3;(H,2,3,4,5)/q+1;/p-1. The number of aromatic nitrogens is 1. The zero-order valence-electron chi connectivity index (χ0n) is 12.1. The summed E-state index contributed by atoms with van der Waals surface area (Å²) in [7, 11) is -3.56. The van der Waals surface area contributed by atoms with Crippen molar-refractivity contribution in [3.8, 4) is 5.69 Å². The van der Waals surface area contributed by atoms with Crippen LogP contribution in [0.2, 0.25) is 0 Å². The average molecular weight is 348 g/mol. The van der Waals surface area contributed by atoms with Crippen molar-refractivity contribution < 1.29 is 42.4 Å². The fourth-order valence-corrected chi connectivity index (χ4v) is 2.43. The highest BCUT2D eigenvalue weighted by atomic mass is 35.7. The highest BCUT2D eigenvalue weighted by molar-refractivity contribution is 7.02. The van der Waals surface area contributed by atoms with Crippen molar-refractivity contribution in [3.63, 3.8) is 0 Å². The number of carbonyl (C=O) groups is 1. The lowest BCUT2D eigenvalue weighted by molar-refractivity contribution is -2.00. The third-order valence-electron chi connectivity index (χ3n) is 2.64. The van der Waals surface area contributed by atoms with Crippen LogP contribution in [-0.2, 0) is 4.74 Å². The Balaban J connectivity index is 0.000000422. The smallest absolute Gasteiger partial charge is 0.337 e. The summed E-state index contributed by atoms with van der Waals surface area (Å²) in [6, 6.07) is 7.39. The summed E-state index contributed by atoms with van der Waals surface area (Å²) in [6.07, 6.45) is 2.09. The molecule has 0 atom stereocenters. The van der Waals surface area contributed by atoms with Gasteiger partial charge in [-0.1, -0.05) is 0 Å². The van der Waals surface area contributed by atoms with E-state index in [1.165, 1.54) is 17.6 Å². The van der Waals surface area contributed by atoms with Crippen LogP contribution in [0.4, 0.5) is 0 Å². The van der Waals surface area contributed by atoms with E-state index in [0.29, 0.717) is 5.56 Å². The topological polar surface area (TPSA) is 122 Å². The van der Waals surface area contributed by atoms with Gasteiger partial charge < -0.3 is 4.74 Å². The Kier molecular flexibility index (Phi) is 6.42. The molecule has 0 aliphatic rings. The van der Waals surface area contributed by atoms with E-state index < -0.39 is 10.2 Å². The van der Waals surface area contributed by atoms with Gasteiger partial charge in [-0.25, -0.2) is 23.4 Å². The maximum atomic E-state index is 11.3. The normalized spacial score (nSPS) is 10.7. The van der Waals surface area contributed by atoms with Crippen LogP contribution in [0.15, 0.2) is 30.5 Å². The van der Waals surface area contributed by atoms with Gasteiger partial charge in [0.25, 0.3) is 0 Å². The van der Waals surface area contributed by atoms with E-state index in [2.05, 4.69) is 28.7 Å². The molecule has 0 N–H and O–H groups in total. The average Bonchev–Trinajstić information content (AvgIpc) is 2.76. The lowest BCUT2D eigenvalue weighted by Crippen LogP contribution is -2.68. The van der Waals surface area contributed by atoms with E-state index in [0.717, 1.165) is 5.69 Å². The molecule has 0 spiro atoms. The Morgan fingerprint density at radius 1 is 1.14 bits per heavy atom. The molecular formula is C13H14ClNO6S. The summed E-state index contributed by atoms with van der Waals surface area (Å²) >= 11 is 1.69. The molecule has 120 valence electrons. The molecular weight excluding hydrogens is 334 g/mol. The van der Waals surface area contributed by atoms with Gasteiger partial charge in [-0.3, -0.25) is 0 Å². The number of ether oxygens (including phenoxy) is 1. The van der Waals surface area contributed by atoms with Gasteiger partial charge in [0.15, 0.2) is 6.20 Å². The molecule has 0 saturated heterocycles. The maximum absolute atomic E-state index is 11.3. The van der Waals surface area contributed by atoms with Crippen LogP contribution in [0, 0.1) is 24.1 Å². The van der Waals surface area contributed by atoms with Gasteiger partial charge in [0.2, 0.25) is 5.69 Å². The minimum atomic E-state index is -4.94. The fourth-order valence-electron chi connectivity index (χ4n) is 1.50. The largest absolute Gasteiger partial charge is 0.465 e. The Morgan fingerprint density at radius 3 is 2.00 bits per heavy atom. The molecule has 22 heavy (non-hydrogen) atoms. The molecule has 0 aliphatic carbocycles.